The average Bonchev–Trinajstić information content (AvgIpc) is 2.95. The number of thiophene rings is 1. The SMILES string of the molecule is Cc1sc(CN)cc1CN1CCC2CCCCC21. The summed E-state index contributed by atoms with van der Waals surface area (Å²) in [7, 11) is 0. The normalized spacial score (nSPS) is 28.6. The molecular weight excluding hydrogens is 240 g/mol. The summed E-state index contributed by atoms with van der Waals surface area (Å²) in [6.45, 7) is 5.40. The van der Waals surface area contributed by atoms with E-state index in [0.29, 0.717) is 6.54 Å². The van der Waals surface area contributed by atoms with E-state index in [-0.39, 0.29) is 0 Å². The van der Waals surface area contributed by atoms with Gasteiger partial charge in [0, 0.05) is 28.9 Å². The van der Waals surface area contributed by atoms with E-state index in [1.807, 2.05) is 11.3 Å². The summed E-state index contributed by atoms with van der Waals surface area (Å²) in [6, 6.07) is 3.20. The molecule has 0 amide bonds. The minimum absolute atomic E-state index is 0.692. The van der Waals surface area contributed by atoms with E-state index in [9.17, 15) is 0 Å². The Morgan fingerprint density at radius 2 is 2.17 bits per heavy atom. The smallest absolute Gasteiger partial charge is 0.0274 e. The zero-order chi connectivity index (χ0) is 12.5. The second kappa shape index (κ2) is 5.32. The molecule has 2 nitrogen and oxygen atoms in total. The average molecular weight is 264 g/mol. The molecule has 1 aromatic heterocycles. The number of hydrogen-bond donors (Lipinski definition) is 1. The van der Waals surface area contributed by atoms with Crippen LogP contribution >= 0.6 is 11.3 Å². The monoisotopic (exact) mass is 264 g/mol. The van der Waals surface area contributed by atoms with E-state index in [2.05, 4.69) is 17.9 Å². The Balaban J connectivity index is 1.70. The highest BCUT2D eigenvalue weighted by atomic mass is 32.1. The zero-order valence-electron chi connectivity index (χ0n) is 11.3. The van der Waals surface area contributed by atoms with Crippen LogP contribution in [0.25, 0.3) is 0 Å². The van der Waals surface area contributed by atoms with Gasteiger partial charge in [-0.15, -0.1) is 11.3 Å². The van der Waals surface area contributed by atoms with Crippen molar-refractivity contribution in [2.24, 2.45) is 11.7 Å². The van der Waals surface area contributed by atoms with E-state index < -0.39 is 0 Å². The highest BCUT2D eigenvalue weighted by Gasteiger charge is 2.35. The molecule has 18 heavy (non-hydrogen) atoms. The molecule has 0 spiro atoms. The second-order valence-electron chi connectivity index (χ2n) is 5.87. The van der Waals surface area contributed by atoms with Gasteiger partial charge in [0.25, 0.3) is 0 Å². The van der Waals surface area contributed by atoms with Crippen molar-refractivity contribution in [2.75, 3.05) is 6.54 Å². The molecule has 100 valence electrons. The van der Waals surface area contributed by atoms with Crippen molar-refractivity contribution in [2.45, 2.75) is 58.2 Å². The van der Waals surface area contributed by atoms with Gasteiger partial charge in [-0.05, 0) is 50.3 Å². The summed E-state index contributed by atoms with van der Waals surface area (Å²) >= 11 is 1.88. The minimum Gasteiger partial charge on any atom is -0.326 e. The van der Waals surface area contributed by atoms with Crippen LogP contribution in [0, 0.1) is 12.8 Å². The minimum atomic E-state index is 0.692. The number of nitrogens with zero attached hydrogens (tertiary/aromatic N) is 1. The lowest BCUT2D eigenvalue weighted by Crippen LogP contribution is -2.34. The van der Waals surface area contributed by atoms with Crippen LogP contribution in [0.15, 0.2) is 6.07 Å². The van der Waals surface area contributed by atoms with Gasteiger partial charge in [-0.25, -0.2) is 0 Å². The Bertz CT molecular complexity index is 413. The van der Waals surface area contributed by atoms with Crippen molar-refractivity contribution in [3.8, 4) is 0 Å². The number of rotatable bonds is 3. The third-order valence-electron chi connectivity index (χ3n) is 4.77. The van der Waals surface area contributed by atoms with E-state index in [1.54, 1.807) is 0 Å². The van der Waals surface area contributed by atoms with Crippen LogP contribution in [-0.2, 0) is 13.1 Å². The van der Waals surface area contributed by atoms with E-state index in [4.69, 9.17) is 5.73 Å². The van der Waals surface area contributed by atoms with Crippen LogP contribution in [-0.4, -0.2) is 17.5 Å². The maximum atomic E-state index is 5.74. The van der Waals surface area contributed by atoms with Crippen LogP contribution in [0.4, 0.5) is 0 Å². The predicted molar refractivity (Wildman–Crippen MR) is 77.7 cm³/mol. The fraction of sp³-hybridized carbons (Fsp3) is 0.733. The fourth-order valence-electron chi connectivity index (χ4n) is 3.76. The maximum absolute atomic E-state index is 5.74. The molecule has 3 heteroatoms. The van der Waals surface area contributed by atoms with Crippen molar-refractivity contribution in [1.29, 1.82) is 0 Å². The highest BCUT2D eigenvalue weighted by Crippen LogP contribution is 2.37. The molecule has 1 saturated carbocycles. The van der Waals surface area contributed by atoms with Crippen molar-refractivity contribution < 1.29 is 0 Å². The standard InChI is InChI=1S/C15H24N2S/c1-11-13(8-14(9-16)18-11)10-17-7-6-12-4-2-3-5-15(12)17/h8,12,15H,2-7,9-10,16H2,1H3. The molecule has 1 aliphatic carbocycles. The molecule has 2 fully saturated rings. The van der Waals surface area contributed by atoms with Gasteiger partial charge in [0.1, 0.15) is 0 Å². The van der Waals surface area contributed by atoms with Crippen molar-refractivity contribution >= 4 is 11.3 Å². The quantitative estimate of drug-likeness (QED) is 0.908. The molecule has 2 atom stereocenters. The summed E-state index contributed by atoms with van der Waals surface area (Å²) in [5.41, 5.74) is 7.26. The van der Waals surface area contributed by atoms with Crippen molar-refractivity contribution in [3.05, 3.63) is 21.4 Å². The topological polar surface area (TPSA) is 29.3 Å². The lowest BCUT2D eigenvalue weighted by Gasteiger charge is -2.31. The first kappa shape index (κ1) is 12.6. The third-order valence-corrected chi connectivity index (χ3v) is 5.89. The fourth-order valence-corrected chi connectivity index (χ4v) is 4.70. The summed E-state index contributed by atoms with van der Waals surface area (Å²) in [5, 5.41) is 0. The molecule has 1 aromatic rings. The van der Waals surface area contributed by atoms with Gasteiger partial charge < -0.3 is 5.73 Å². The van der Waals surface area contributed by atoms with Gasteiger partial charge in [0.2, 0.25) is 0 Å². The summed E-state index contributed by atoms with van der Waals surface area (Å²) < 4.78 is 0. The Morgan fingerprint density at radius 3 is 2.94 bits per heavy atom. The van der Waals surface area contributed by atoms with Gasteiger partial charge in [-0.3, -0.25) is 4.90 Å². The number of nitrogens with two attached hydrogens (primary N) is 1. The van der Waals surface area contributed by atoms with Crippen LogP contribution in [0.1, 0.15) is 47.4 Å². The number of aryl methyl sites for hydroxylation is 1. The highest BCUT2D eigenvalue weighted by molar-refractivity contribution is 7.12. The Labute approximate surface area is 114 Å². The van der Waals surface area contributed by atoms with Gasteiger partial charge in [0.15, 0.2) is 0 Å². The molecular formula is C15H24N2S. The first-order valence-electron chi connectivity index (χ1n) is 7.30. The summed E-state index contributed by atoms with van der Waals surface area (Å²) in [5.74, 6) is 0.992. The third kappa shape index (κ3) is 2.36. The van der Waals surface area contributed by atoms with Crippen LogP contribution in [0.3, 0.4) is 0 Å². The summed E-state index contributed by atoms with van der Waals surface area (Å²) in [6.07, 6.45) is 7.23. The molecule has 0 aromatic carbocycles. The lowest BCUT2D eigenvalue weighted by molar-refractivity contribution is 0.176. The molecule has 2 unspecified atom stereocenters. The molecule has 3 rings (SSSR count). The molecule has 0 bridgehead atoms. The van der Waals surface area contributed by atoms with E-state index in [0.717, 1.165) is 18.5 Å². The lowest BCUT2D eigenvalue weighted by atomic mass is 9.85. The second-order valence-corrected chi connectivity index (χ2v) is 7.21. The Kier molecular flexibility index (Phi) is 3.73. The zero-order valence-corrected chi connectivity index (χ0v) is 12.1. The molecule has 2 N–H and O–H groups in total. The number of fused-ring (bicyclic) bond motifs is 1. The van der Waals surface area contributed by atoms with Crippen molar-refractivity contribution in [1.82, 2.24) is 4.90 Å². The molecule has 0 radical (unpaired) electrons. The van der Waals surface area contributed by atoms with Crippen molar-refractivity contribution in [3.63, 3.8) is 0 Å². The van der Waals surface area contributed by atoms with E-state index >= 15 is 0 Å². The largest absolute Gasteiger partial charge is 0.326 e. The van der Waals surface area contributed by atoms with Crippen LogP contribution in [0.2, 0.25) is 0 Å². The van der Waals surface area contributed by atoms with Crippen LogP contribution in [0.5, 0.6) is 0 Å². The first-order valence-corrected chi connectivity index (χ1v) is 8.12. The molecule has 1 saturated heterocycles. The maximum Gasteiger partial charge on any atom is 0.0274 e. The summed E-state index contributed by atoms with van der Waals surface area (Å²) in [4.78, 5) is 5.54. The molecule has 1 aliphatic heterocycles. The van der Waals surface area contributed by atoms with Gasteiger partial charge in [-0.1, -0.05) is 12.8 Å². The van der Waals surface area contributed by atoms with Crippen LogP contribution < -0.4 is 5.73 Å². The molecule has 2 heterocycles. The Hall–Kier alpha value is -0.380. The van der Waals surface area contributed by atoms with Gasteiger partial charge in [0.05, 0.1) is 0 Å². The van der Waals surface area contributed by atoms with E-state index in [1.165, 1.54) is 54.0 Å². The number of hydrogen-bond acceptors (Lipinski definition) is 3. The Morgan fingerprint density at radius 1 is 1.33 bits per heavy atom. The molecule has 2 aliphatic rings. The number of likely N-dealkylation sites (tertiary alicyclic amines) is 1. The predicted octanol–water partition coefficient (Wildman–Crippen LogP) is 3.28. The van der Waals surface area contributed by atoms with Gasteiger partial charge >= 0.3 is 0 Å². The van der Waals surface area contributed by atoms with Gasteiger partial charge in [-0.2, -0.15) is 0 Å². The first-order chi connectivity index (χ1) is 8.78.